The molecule has 2 heterocycles. The van der Waals surface area contributed by atoms with Gasteiger partial charge in [-0.3, -0.25) is 9.69 Å². The lowest BCUT2D eigenvalue weighted by Gasteiger charge is -2.35. The van der Waals surface area contributed by atoms with Gasteiger partial charge in [-0.2, -0.15) is 17.0 Å². The summed E-state index contributed by atoms with van der Waals surface area (Å²) in [6.45, 7) is 4.10. The van der Waals surface area contributed by atoms with Crippen LogP contribution in [0.25, 0.3) is 0 Å². The van der Waals surface area contributed by atoms with E-state index in [4.69, 9.17) is 0 Å². The van der Waals surface area contributed by atoms with Crippen LogP contribution < -0.4 is 5.43 Å². The van der Waals surface area contributed by atoms with Gasteiger partial charge in [0.15, 0.2) is 5.75 Å². The van der Waals surface area contributed by atoms with Crippen LogP contribution in [0.3, 0.4) is 0 Å². The third-order valence-electron chi connectivity index (χ3n) is 4.27. The highest BCUT2D eigenvalue weighted by molar-refractivity contribution is 7.86. The van der Waals surface area contributed by atoms with Gasteiger partial charge in [-0.1, -0.05) is 0 Å². The van der Waals surface area contributed by atoms with Crippen molar-refractivity contribution in [3.8, 4) is 5.75 Å². The molecule has 0 aromatic carbocycles. The second kappa shape index (κ2) is 6.60. The Hall–Kier alpha value is -1.42. The number of nitrogens with zero attached hydrogens (tertiary/aromatic N) is 4. The predicted molar refractivity (Wildman–Crippen MR) is 87.5 cm³/mol. The summed E-state index contributed by atoms with van der Waals surface area (Å²) in [5.41, 5.74) is 0.944. The number of piperazine rings is 1. The van der Waals surface area contributed by atoms with Crippen molar-refractivity contribution in [1.82, 2.24) is 18.1 Å². The van der Waals surface area contributed by atoms with Crippen molar-refractivity contribution in [3.63, 3.8) is 0 Å². The van der Waals surface area contributed by atoms with Crippen molar-refractivity contribution in [1.29, 1.82) is 0 Å². The maximum atomic E-state index is 12.1. The van der Waals surface area contributed by atoms with Gasteiger partial charge in [-0.05, 0) is 6.92 Å². The van der Waals surface area contributed by atoms with Crippen LogP contribution in [0.2, 0.25) is 0 Å². The molecule has 1 N–H and O–H groups in total. The second-order valence-electron chi connectivity index (χ2n) is 5.97. The van der Waals surface area contributed by atoms with E-state index < -0.39 is 10.2 Å². The molecule has 0 saturated carbocycles. The standard InChI is InChI=1S/C14H24N4O4S/c1-11-9-13(19)14(20)12(16(11)4)10-17-5-7-18(8-6-17)23(21,22)15(2)3/h9,20H,5-8,10H2,1-4H3. The molecular formula is C14H24N4O4S. The first-order valence-corrected chi connectivity index (χ1v) is 8.82. The smallest absolute Gasteiger partial charge is 0.281 e. The molecule has 9 heteroatoms. The zero-order chi connectivity index (χ0) is 17.4. The number of pyridine rings is 1. The minimum atomic E-state index is -3.39. The Morgan fingerprint density at radius 1 is 1.22 bits per heavy atom. The van der Waals surface area contributed by atoms with Crippen LogP contribution in [0, 0.1) is 6.92 Å². The van der Waals surface area contributed by atoms with E-state index >= 15 is 0 Å². The third kappa shape index (κ3) is 3.57. The summed E-state index contributed by atoms with van der Waals surface area (Å²) in [6.07, 6.45) is 0. The number of hydrogen-bond donors (Lipinski definition) is 1. The van der Waals surface area contributed by atoms with Gasteiger partial charge in [0.1, 0.15) is 0 Å². The van der Waals surface area contributed by atoms with Crippen molar-refractivity contribution in [2.24, 2.45) is 7.05 Å². The average Bonchev–Trinajstić information content (AvgIpc) is 2.50. The summed E-state index contributed by atoms with van der Waals surface area (Å²) in [7, 11) is 1.44. The van der Waals surface area contributed by atoms with Crippen LogP contribution in [0.1, 0.15) is 11.4 Å². The first-order valence-electron chi connectivity index (χ1n) is 7.43. The number of rotatable bonds is 4. The Kier molecular flexibility index (Phi) is 5.14. The monoisotopic (exact) mass is 344 g/mol. The Balaban J connectivity index is 2.10. The molecule has 1 aromatic rings. The summed E-state index contributed by atoms with van der Waals surface area (Å²) < 4.78 is 28.6. The van der Waals surface area contributed by atoms with Crippen LogP contribution >= 0.6 is 0 Å². The number of aromatic hydroxyl groups is 1. The lowest BCUT2D eigenvalue weighted by Crippen LogP contribution is -2.51. The molecule has 0 amide bonds. The van der Waals surface area contributed by atoms with E-state index in [-0.39, 0.29) is 11.2 Å². The minimum Gasteiger partial charge on any atom is -0.503 e. The average molecular weight is 344 g/mol. The van der Waals surface area contributed by atoms with Crippen molar-refractivity contribution in [2.75, 3.05) is 40.3 Å². The largest absolute Gasteiger partial charge is 0.503 e. The maximum Gasteiger partial charge on any atom is 0.281 e. The van der Waals surface area contributed by atoms with Crippen molar-refractivity contribution in [3.05, 3.63) is 27.7 Å². The van der Waals surface area contributed by atoms with E-state index in [0.717, 1.165) is 5.69 Å². The molecule has 0 bridgehead atoms. The van der Waals surface area contributed by atoms with Crippen LogP contribution in [-0.2, 0) is 23.8 Å². The van der Waals surface area contributed by atoms with Gasteiger partial charge in [0.2, 0.25) is 5.43 Å². The summed E-state index contributed by atoms with van der Waals surface area (Å²) in [5, 5.41) is 10.0. The Morgan fingerprint density at radius 3 is 2.30 bits per heavy atom. The van der Waals surface area contributed by atoms with Crippen LogP contribution in [0.15, 0.2) is 10.9 Å². The van der Waals surface area contributed by atoms with Crippen LogP contribution in [-0.4, -0.2) is 71.9 Å². The van der Waals surface area contributed by atoms with Gasteiger partial charge in [0.05, 0.1) is 5.69 Å². The molecule has 1 aliphatic heterocycles. The van der Waals surface area contributed by atoms with E-state index in [9.17, 15) is 18.3 Å². The van der Waals surface area contributed by atoms with Crippen molar-refractivity contribution < 1.29 is 13.5 Å². The fourth-order valence-electron chi connectivity index (χ4n) is 2.61. The molecule has 0 aliphatic carbocycles. The Labute approximate surface area is 136 Å². The lowest BCUT2D eigenvalue weighted by atomic mass is 10.2. The summed E-state index contributed by atoms with van der Waals surface area (Å²) in [4.78, 5) is 13.8. The molecule has 23 heavy (non-hydrogen) atoms. The Morgan fingerprint density at radius 2 is 1.78 bits per heavy atom. The molecule has 2 rings (SSSR count). The summed E-state index contributed by atoms with van der Waals surface area (Å²) >= 11 is 0. The molecular weight excluding hydrogens is 320 g/mol. The lowest BCUT2D eigenvalue weighted by molar-refractivity contribution is 0.172. The second-order valence-corrected chi connectivity index (χ2v) is 8.11. The van der Waals surface area contributed by atoms with Crippen LogP contribution in [0.4, 0.5) is 0 Å². The van der Waals surface area contributed by atoms with E-state index in [0.29, 0.717) is 38.4 Å². The molecule has 8 nitrogen and oxygen atoms in total. The normalized spacial score (nSPS) is 17.8. The van der Waals surface area contributed by atoms with Gasteiger partial charge in [-0.15, -0.1) is 0 Å². The first-order chi connectivity index (χ1) is 10.6. The fraction of sp³-hybridized carbons (Fsp3) is 0.643. The van der Waals surface area contributed by atoms with Gasteiger partial charge >= 0.3 is 0 Å². The topological polar surface area (TPSA) is 86.1 Å². The SMILES string of the molecule is Cc1cc(=O)c(O)c(CN2CCN(S(=O)(=O)N(C)C)CC2)n1C. The zero-order valence-electron chi connectivity index (χ0n) is 14.0. The van der Waals surface area contributed by atoms with Crippen molar-refractivity contribution in [2.45, 2.75) is 13.5 Å². The molecule has 0 radical (unpaired) electrons. The molecule has 0 spiro atoms. The maximum absolute atomic E-state index is 12.1. The molecule has 1 fully saturated rings. The van der Waals surface area contributed by atoms with Gasteiger partial charge in [-0.25, -0.2) is 0 Å². The van der Waals surface area contributed by atoms with Gasteiger partial charge in [0.25, 0.3) is 10.2 Å². The summed E-state index contributed by atoms with van der Waals surface area (Å²) in [6, 6.07) is 1.40. The quantitative estimate of drug-likeness (QED) is 0.782. The highest BCUT2D eigenvalue weighted by atomic mass is 32.2. The van der Waals surface area contributed by atoms with E-state index in [1.54, 1.807) is 11.6 Å². The summed E-state index contributed by atoms with van der Waals surface area (Å²) in [5.74, 6) is -0.235. The fourth-order valence-corrected chi connectivity index (χ4v) is 3.70. The number of aryl methyl sites for hydroxylation is 1. The highest BCUT2D eigenvalue weighted by Crippen LogP contribution is 2.17. The molecule has 1 aliphatic rings. The molecule has 1 aromatic heterocycles. The molecule has 1 saturated heterocycles. The number of aromatic nitrogens is 1. The van der Waals surface area contributed by atoms with E-state index in [2.05, 4.69) is 0 Å². The molecule has 130 valence electrons. The van der Waals surface area contributed by atoms with Gasteiger partial charge < -0.3 is 9.67 Å². The first kappa shape index (κ1) is 17.9. The molecule has 0 atom stereocenters. The predicted octanol–water partition coefficient (Wildman–Crippen LogP) is -0.677. The van der Waals surface area contributed by atoms with Crippen molar-refractivity contribution >= 4 is 10.2 Å². The molecule has 0 unspecified atom stereocenters. The van der Waals surface area contributed by atoms with Gasteiger partial charge in [0, 0.05) is 65.6 Å². The number of hydrogen-bond acceptors (Lipinski definition) is 5. The van der Waals surface area contributed by atoms with E-state index in [1.165, 1.54) is 28.8 Å². The minimum absolute atomic E-state index is 0.235. The highest BCUT2D eigenvalue weighted by Gasteiger charge is 2.29. The zero-order valence-corrected chi connectivity index (χ0v) is 14.8. The Bertz CT molecular complexity index is 734. The van der Waals surface area contributed by atoms with Crippen LogP contribution in [0.5, 0.6) is 5.75 Å². The third-order valence-corrected chi connectivity index (χ3v) is 6.21. The van der Waals surface area contributed by atoms with E-state index in [1.807, 2.05) is 11.8 Å².